The molecule has 1 unspecified atom stereocenters. The Labute approximate surface area is 120 Å². The van der Waals surface area contributed by atoms with Crippen LogP contribution in [0.2, 0.25) is 0 Å². The zero-order chi connectivity index (χ0) is 14.8. The maximum Gasteiger partial charge on any atom is 0.310 e. The Kier molecular flexibility index (Phi) is 4.65. The maximum atomic E-state index is 12.6. The Hall–Kier alpha value is -1.14. The van der Waals surface area contributed by atoms with Crippen molar-refractivity contribution in [2.24, 2.45) is 5.41 Å². The standard InChI is InChI=1S/C14H25N3O3/c1-14(2,13(19)20)10-17-7-3-4-11(17)12(18)16-8-5-15-6-9-16/h11,15H,3-10H2,1-2H3,(H,19,20). The number of carboxylic acids is 1. The highest BCUT2D eigenvalue weighted by molar-refractivity contribution is 5.82. The van der Waals surface area contributed by atoms with Gasteiger partial charge in [-0.05, 0) is 33.2 Å². The lowest BCUT2D eigenvalue weighted by Crippen LogP contribution is -2.54. The monoisotopic (exact) mass is 283 g/mol. The summed E-state index contributed by atoms with van der Waals surface area (Å²) >= 11 is 0. The Balaban J connectivity index is 1.99. The molecule has 2 aliphatic rings. The van der Waals surface area contributed by atoms with Gasteiger partial charge in [0.2, 0.25) is 5.91 Å². The average Bonchev–Trinajstić information content (AvgIpc) is 2.86. The average molecular weight is 283 g/mol. The van der Waals surface area contributed by atoms with Crippen LogP contribution in [0.15, 0.2) is 0 Å². The number of nitrogens with zero attached hydrogens (tertiary/aromatic N) is 2. The Morgan fingerprint density at radius 2 is 1.90 bits per heavy atom. The molecule has 0 bridgehead atoms. The quantitative estimate of drug-likeness (QED) is 0.759. The van der Waals surface area contributed by atoms with Gasteiger partial charge < -0.3 is 15.3 Å². The van der Waals surface area contributed by atoms with Crippen molar-refractivity contribution in [3.05, 3.63) is 0 Å². The van der Waals surface area contributed by atoms with E-state index in [2.05, 4.69) is 10.2 Å². The number of amides is 1. The summed E-state index contributed by atoms with van der Waals surface area (Å²) in [7, 11) is 0. The number of nitrogens with one attached hydrogen (secondary N) is 1. The smallest absolute Gasteiger partial charge is 0.310 e. The lowest BCUT2D eigenvalue weighted by Gasteiger charge is -2.35. The highest BCUT2D eigenvalue weighted by atomic mass is 16.4. The zero-order valence-electron chi connectivity index (χ0n) is 12.4. The van der Waals surface area contributed by atoms with E-state index in [-0.39, 0.29) is 11.9 Å². The van der Waals surface area contributed by atoms with Crippen molar-refractivity contribution in [2.45, 2.75) is 32.7 Å². The number of carbonyl (C=O) groups excluding carboxylic acids is 1. The number of likely N-dealkylation sites (tertiary alicyclic amines) is 1. The highest BCUT2D eigenvalue weighted by Crippen LogP contribution is 2.25. The van der Waals surface area contributed by atoms with E-state index in [1.165, 1.54) is 0 Å². The van der Waals surface area contributed by atoms with Crippen molar-refractivity contribution < 1.29 is 14.7 Å². The van der Waals surface area contributed by atoms with Gasteiger partial charge in [-0.3, -0.25) is 14.5 Å². The van der Waals surface area contributed by atoms with Gasteiger partial charge in [-0.1, -0.05) is 0 Å². The van der Waals surface area contributed by atoms with E-state index in [0.29, 0.717) is 6.54 Å². The second-order valence-electron chi connectivity index (χ2n) is 6.39. The third-order valence-electron chi connectivity index (χ3n) is 4.25. The molecular formula is C14H25N3O3. The fourth-order valence-corrected chi connectivity index (χ4v) is 2.97. The van der Waals surface area contributed by atoms with Crippen molar-refractivity contribution in [1.29, 1.82) is 0 Å². The summed E-state index contributed by atoms with van der Waals surface area (Å²) in [5.41, 5.74) is -0.813. The van der Waals surface area contributed by atoms with Crippen LogP contribution in [0.3, 0.4) is 0 Å². The molecule has 1 atom stereocenters. The van der Waals surface area contributed by atoms with E-state index in [0.717, 1.165) is 45.6 Å². The molecule has 2 rings (SSSR count). The summed E-state index contributed by atoms with van der Waals surface area (Å²) in [5, 5.41) is 12.5. The number of hydrogen-bond donors (Lipinski definition) is 2. The Morgan fingerprint density at radius 3 is 2.50 bits per heavy atom. The topological polar surface area (TPSA) is 72.9 Å². The molecule has 0 aromatic rings. The van der Waals surface area contributed by atoms with Crippen molar-refractivity contribution in [3.8, 4) is 0 Å². The largest absolute Gasteiger partial charge is 0.481 e. The molecule has 6 heteroatoms. The molecule has 114 valence electrons. The van der Waals surface area contributed by atoms with Crippen LogP contribution in [0.1, 0.15) is 26.7 Å². The van der Waals surface area contributed by atoms with Gasteiger partial charge in [-0.25, -0.2) is 0 Å². The lowest BCUT2D eigenvalue weighted by molar-refractivity contribution is -0.149. The summed E-state index contributed by atoms with van der Waals surface area (Å²) in [5.74, 6) is -0.636. The molecule has 2 saturated heterocycles. The normalized spacial score (nSPS) is 24.9. The van der Waals surface area contributed by atoms with Gasteiger partial charge in [0, 0.05) is 32.7 Å². The van der Waals surface area contributed by atoms with E-state index < -0.39 is 11.4 Å². The number of piperazine rings is 1. The molecule has 2 fully saturated rings. The van der Waals surface area contributed by atoms with Crippen LogP contribution < -0.4 is 5.32 Å². The van der Waals surface area contributed by atoms with E-state index >= 15 is 0 Å². The molecule has 2 N–H and O–H groups in total. The van der Waals surface area contributed by atoms with Crippen molar-refractivity contribution in [1.82, 2.24) is 15.1 Å². The minimum absolute atomic E-state index is 0.133. The lowest BCUT2D eigenvalue weighted by atomic mass is 9.92. The predicted octanol–water partition coefficient (Wildman–Crippen LogP) is -0.00660. The summed E-state index contributed by atoms with van der Waals surface area (Å²) in [6.07, 6.45) is 1.82. The minimum atomic E-state index is -0.813. The number of hydrogen-bond acceptors (Lipinski definition) is 4. The fourth-order valence-electron chi connectivity index (χ4n) is 2.97. The first-order chi connectivity index (χ1) is 9.42. The van der Waals surface area contributed by atoms with E-state index in [1.54, 1.807) is 13.8 Å². The zero-order valence-corrected chi connectivity index (χ0v) is 12.4. The van der Waals surface area contributed by atoms with E-state index in [9.17, 15) is 14.7 Å². The van der Waals surface area contributed by atoms with Crippen LogP contribution in [0.5, 0.6) is 0 Å². The molecule has 0 saturated carbocycles. The molecule has 0 aromatic heterocycles. The molecule has 6 nitrogen and oxygen atoms in total. The molecular weight excluding hydrogens is 258 g/mol. The highest BCUT2D eigenvalue weighted by Gasteiger charge is 2.39. The molecule has 0 aromatic carbocycles. The predicted molar refractivity (Wildman–Crippen MR) is 75.5 cm³/mol. The van der Waals surface area contributed by atoms with Crippen LogP contribution in [-0.2, 0) is 9.59 Å². The Morgan fingerprint density at radius 1 is 1.25 bits per heavy atom. The molecule has 0 aliphatic carbocycles. The molecule has 1 amide bonds. The van der Waals surface area contributed by atoms with Crippen LogP contribution >= 0.6 is 0 Å². The molecule has 20 heavy (non-hydrogen) atoms. The molecule has 2 aliphatic heterocycles. The van der Waals surface area contributed by atoms with Crippen molar-refractivity contribution in [3.63, 3.8) is 0 Å². The van der Waals surface area contributed by atoms with Gasteiger partial charge in [0.1, 0.15) is 0 Å². The van der Waals surface area contributed by atoms with Crippen LogP contribution in [-0.4, -0.2) is 72.1 Å². The summed E-state index contributed by atoms with van der Waals surface area (Å²) < 4.78 is 0. The minimum Gasteiger partial charge on any atom is -0.481 e. The SMILES string of the molecule is CC(C)(CN1CCCC1C(=O)N1CCNCC1)C(=O)O. The number of carboxylic acid groups (broad SMARTS) is 1. The summed E-state index contributed by atoms with van der Waals surface area (Å²) in [6.45, 7) is 7.90. The first kappa shape index (κ1) is 15.3. The van der Waals surface area contributed by atoms with E-state index in [1.807, 2.05) is 4.90 Å². The van der Waals surface area contributed by atoms with Crippen molar-refractivity contribution in [2.75, 3.05) is 39.3 Å². The second-order valence-corrected chi connectivity index (χ2v) is 6.39. The van der Waals surface area contributed by atoms with Gasteiger partial charge in [0.15, 0.2) is 0 Å². The fraction of sp³-hybridized carbons (Fsp3) is 0.857. The van der Waals surface area contributed by atoms with Gasteiger partial charge in [-0.2, -0.15) is 0 Å². The van der Waals surface area contributed by atoms with Gasteiger partial charge in [-0.15, -0.1) is 0 Å². The first-order valence-corrected chi connectivity index (χ1v) is 7.39. The van der Waals surface area contributed by atoms with Gasteiger partial charge in [0.05, 0.1) is 11.5 Å². The molecule has 0 radical (unpaired) electrons. The molecule has 2 heterocycles. The third-order valence-corrected chi connectivity index (χ3v) is 4.25. The van der Waals surface area contributed by atoms with Crippen LogP contribution in [0.4, 0.5) is 0 Å². The molecule has 0 spiro atoms. The van der Waals surface area contributed by atoms with Crippen LogP contribution in [0.25, 0.3) is 0 Å². The number of aliphatic carboxylic acids is 1. The summed E-state index contributed by atoms with van der Waals surface area (Å²) in [4.78, 5) is 27.8. The van der Waals surface area contributed by atoms with Gasteiger partial charge >= 0.3 is 5.97 Å². The van der Waals surface area contributed by atoms with Crippen molar-refractivity contribution >= 4 is 11.9 Å². The van der Waals surface area contributed by atoms with E-state index in [4.69, 9.17) is 0 Å². The maximum absolute atomic E-state index is 12.6. The third kappa shape index (κ3) is 3.30. The second kappa shape index (κ2) is 6.10. The van der Waals surface area contributed by atoms with Crippen LogP contribution in [0, 0.1) is 5.41 Å². The summed E-state index contributed by atoms with van der Waals surface area (Å²) in [6, 6.07) is -0.133. The first-order valence-electron chi connectivity index (χ1n) is 7.39. The number of rotatable bonds is 4. The van der Waals surface area contributed by atoms with Gasteiger partial charge in [0.25, 0.3) is 0 Å². The Bertz CT molecular complexity index is 378. The number of carbonyl (C=O) groups is 2.